The molecule has 5 nitrogen and oxygen atoms in total. The van der Waals surface area contributed by atoms with Gasteiger partial charge in [-0.05, 0) is 24.7 Å². The van der Waals surface area contributed by atoms with Crippen molar-refractivity contribution in [2.75, 3.05) is 26.7 Å². The Kier molecular flexibility index (Phi) is 4.46. The molecule has 0 amide bonds. The van der Waals surface area contributed by atoms with Crippen molar-refractivity contribution in [1.29, 1.82) is 0 Å². The highest BCUT2D eigenvalue weighted by Crippen LogP contribution is 2.43. The van der Waals surface area contributed by atoms with Crippen molar-refractivity contribution in [3.8, 4) is 0 Å². The molecule has 0 unspecified atom stereocenters. The summed E-state index contributed by atoms with van der Waals surface area (Å²) in [6.07, 6.45) is 14.1. The lowest BCUT2D eigenvalue weighted by atomic mass is 9.73. The van der Waals surface area contributed by atoms with Crippen LogP contribution >= 0.6 is 0 Å². The van der Waals surface area contributed by atoms with Gasteiger partial charge in [0.2, 0.25) is 0 Å². The van der Waals surface area contributed by atoms with E-state index in [1.807, 2.05) is 25.8 Å². The van der Waals surface area contributed by atoms with Crippen molar-refractivity contribution in [3.05, 3.63) is 18.7 Å². The maximum absolute atomic E-state index is 4.47. The van der Waals surface area contributed by atoms with Crippen LogP contribution in [0.5, 0.6) is 0 Å². The van der Waals surface area contributed by atoms with Gasteiger partial charge in [-0.15, -0.1) is 0 Å². The molecule has 0 radical (unpaired) electrons. The van der Waals surface area contributed by atoms with Crippen LogP contribution in [0.15, 0.2) is 23.7 Å². The highest BCUT2D eigenvalue weighted by molar-refractivity contribution is 5.80. The summed E-state index contributed by atoms with van der Waals surface area (Å²) in [5.74, 6) is 1.07. The van der Waals surface area contributed by atoms with Crippen LogP contribution in [0, 0.1) is 5.41 Å². The molecule has 1 spiro atoms. The molecule has 1 saturated carbocycles. The molecule has 0 atom stereocenters. The largest absolute Gasteiger partial charge is 0.354 e. The van der Waals surface area contributed by atoms with Gasteiger partial charge in [-0.1, -0.05) is 19.3 Å². The molecular formula is C16H27N5. The molecule has 1 aromatic rings. The molecule has 2 heterocycles. The van der Waals surface area contributed by atoms with Gasteiger partial charge in [-0.2, -0.15) is 0 Å². The lowest BCUT2D eigenvalue weighted by Crippen LogP contribution is -2.42. The molecule has 1 aromatic heterocycles. The zero-order valence-corrected chi connectivity index (χ0v) is 13.1. The minimum absolute atomic E-state index is 0.584. The number of aromatic nitrogens is 2. The standard InChI is InChI=1S/C16H27N5/c1-17-15(19-9-12-20-11-8-18-14-20)21-10-7-16(13-21)5-3-2-4-6-16/h8,11,14H,2-7,9-10,12-13H2,1H3,(H,17,19). The van der Waals surface area contributed by atoms with E-state index < -0.39 is 0 Å². The number of hydrogen-bond acceptors (Lipinski definition) is 2. The second kappa shape index (κ2) is 6.50. The Labute approximate surface area is 127 Å². The number of nitrogens with one attached hydrogen (secondary N) is 1. The van der Waals surface area contributed by atoms with Crippen LogP contribution in [-0.4, -0.2) is 47.1 Å². The van der Waals surface area contributed by atoms with Gasteiger partial charge in [0.05, 0.1) is 6.33 Å². The zero-order chi connectivity index (χ0) is 14.5. The first-order chi connectivity index (χ1) is 10.3. The van der Waals surface area contributed by atoms with Crippen LogP contribution in [0.4, 0.5) is 0 Å². The smallest absolute Gasteiger partial charge is 0.193 e. The highest BCUT2D eigenvalue weighted by atomic mass is 15.3. The molecule has 21 heavy (non-hydrogen) atoms. The average molecular weight is 289 g/mol. The van der Waals surface area contributed by atoms with Crippen LogP contribution in [0.3, 0.4) is 0 Å². The Bertz CT molecular complexity index is 459. The second-order valence-corrected chi connectivity index (χ2v) is 6.51. The second-order valence-electron chi connectivity index (χ2n) is 6.51. The van der Waals surface area contributed by atoms with Crippen molar-refractivity contribution < 1.29 is 0 Å². The summed E-state index contributed by atoms with van der Waals surface area (Å²) in [6, 6.07) is 0. The number of likely N-dealkylation sites (tertiary alicyclic amines) is 1. The maximum Gasteiger partial charge on any atom is 0.193 e. The molecule has 3 rings (SSSR count). The third-order valence-electron chi connectivity index (χ3n) is 5.08. The summed E-state index contributed by atoms with van der Waals surface area (Å²) >= 11 is 0. The summed E-state index contributed by atoms with van der Waals surface area (Å²) in [4.78, 5) is 11.0. The van der Waals surface area contributed by atoms with E-state index in [0.717, 1.165) is 25.6 Å². The van der Waals surface area contributed by atoms with Gasteiger partial charge >= 0.3 is 0 Å². The van der Waals surface area contributed by atoms with Crippen LogP contribution in [0.25, 0.3) is 0 Å². The summed E-state index contributed by atoms with van der Waals surface area (Å²) < 4.78 is 2.09. The summed E-state index contributed by atoms with van der Waals surface area (Å²) in [5.41, 5.74) is 0.584. The molecule has 2 aliphatic rings. The van der Waals surface area contributed by atoms with Crippen molar-refractivity contribution in [2.45, 2.75) is 45.1 Å². The molecular weight excluding hydrogens is 262 g/mol. The van der Waals surface area contributed by atoms with Crippen molar-refractivity contribution in [2.24, 2.45) is 10.4 Å². The van der Waals surface area contributed by atoms with E-state index in [-0.39, 0.29) is 0 Å². The third-order valence-corrected chi connectivity index (χ3v) is 5.08. The van der Waals surface area contributed by atoms with E-state index in [1.54, 1.807) is 0 Å². The van der Waals surface area contributed by atoms with E-state index in [9.17, 15) is 0 Å². The van der Waals surface area contributed by atoms with E-state index in [4.69, 9.17) is 0 Å². The number of rotatable bonds is 3. The minimum Gasteiger partial charge on any atom is -0.354 e. The monoisotopic (exact) mass is 289 g/mol. The van der Waals surface area contributed by atoms with Gasteiger partial charge in [0.1, 0.15) is 0 Å². The first-order valence-electron chi connectivity index (χ1n) is 8.23. The Morgan fingerprint density at radius 2 is 2.14 bits per heavy atom. The predicted octanol–water partition coefficient (Wildman–Crippen LogP) is 2.11. The maximum atomic E-state index is 4.47. The molecule has 1 N–H and O–H groups in total. The van der Waals surface area contributed by atoms with Crippen LogP contribution in [-0.2, 0) is 6.54 Å². The number of hydrogen-bond donors (Lipinski definition) is 1. The molecule has 5 heteroatoms. The molecule has 1 aliphatic heterocycles. The van der Waals surface area contributed by atoms with Crippen LogP contribution < -0.4 is 5.32 Å². The lowest BCUT2D eigenvalue weighted by Gasteiger charge is -2.33. The SMILES string of the molecule is CN=C(NCCn1ccnc1)N1CCC2(CCCCC2)C1. The Hall–Kier alpha value is -1.52. The Morgan fingerprint density at radius 1 is 1.29 bits per heavy atom. The van der Waals surface area contributed by atoms with Gasteiger partial charge < -0.3 is 14.8 Å². The quantitative estimate of drug-likeness (QED) is 0.685. The Morgan fingerprint density at radius 3 is 2.86 bits per heavy atom. The minimum atomic E-state index is 0.584. The summed E-state index contributed by atoms with van der Waals surface area (Å²) in [7, 11) is 1.89. The average Bonchev–Trinajstić information content (AvgIpc) is 3.15. The first kappa shape index (κ1) is 14.4. The molecule has 1 aliphatic carbocycles. The topological polar surface area (TPSA) is 45.5 Å². The van der Waals surface area contributed by atoms with Gasteiger partial charge in [-0.3, -0.25) is 4.99 Å². The van der Waals surface area contributed by atoms with Gasteiger partial charge in [0, 0.05) is 45.6 Å². The number of nitrogens with zero attached hydrogens (tertiary/aromatic N) is 4. The van der Waals surface area contributed by atoms with Gasteiger partial charge in [0.15, 0.2) is 5.96 Å². The number of imidazole rings is 1. The predicted molar refractivity (Wildman–Crippen MR) is 85.3 cm³/mol. The van der Waals surface area contributed by atoms with Crippen molar-refractivity contribution in [3.63, 3.8) is 0 Å². The third kappa shape index (κ3) is 3.39. The van der Waals surface area contributed by atoms with E-state index >= 15 is 0 Å². The van der Waals surface area contributed by atoms with Crippen molar-refractivity contribution >= 4 is 5.96 Å². The van der Waals surface area contributed by atoms with Gasteiger partial charge in [0.25, 0.3) is 0 Å². The normalized spacial score (nSPS) is 22.0. The Balaban J connectivity index is 1.50. The van der Waals surface area contributed by atoms with Crippen LogP contribution in [0.1, 0.15) is 38.5 Å². The molecule has 116 valence electrons. The highest BCUT2D eigenvalue weighted by Gasteiger charge is 2.39. The van der Waals surface area contributed by atoms with Crippen LogP contribution in [0.2, 0.25) is 0 Å². The van der Waals surface area contributed by atoms with E-state index in [1.165, 1.54) is 45.1 Å². The number of aliphatic imine (C=N–C) groups is 1. The molecule has 2 fully saturated rings. The fourth-order valence-corrected chi connectivity index (χ4v) is 3.87. The first-order valence-corrected chi connectivity index (χ1v) is 8.23. The molecule has 0 aromatic carbocycles. The molecule has 0 bridgehead atoms. The lowest BCUT2D eigenvalue weighted by molar-refractivity contribution is 0.203. The fraction of sp³-hybridized carbons (Fsp3) is 0.750. The zero-order valence-electron chi connectivity index (χ0n) is 13.1. The van der Waals surface area contributed by atoms with Crippen molar-refractivity contribution in [1.82, 2.24) is 19.8 Å². The van der Waals surface area contributed by atoms with Gasteiger partial charge in [-0.25, -0.2) is 4.98 Å². The van der Waals surface area contributed by atoms with E-state index in [0.29, 0.717) is 5.41 Å². The summed E-state index contributed by atoms with van der Waals surface area (Å²) in [6.45, 7) is 4.17. The van der Waals surface area contributed by atoms with E-state index in [2.05, 4.69) is 24.8 Å². The number of guanidine groups is 1. The summed E-state index contributed by atoms with van der Waals surface area (Å²) in [5, 5.41) is 3.50. The fourth-order valence-electron chi connectivity index (χ4n) is 3.87. The molecule has 1 saturated heterocycles.